The van der Waals surface area contributed by atoms with Crippen LogP contribution < -0.4 is 10.2 Å². The van der Waals surface area contributed by atoms with Gasteiger partial charge in [-0.15, -0.1) is 0 Å². The molecule has 2 aliphatic heterocycles. The van der Waals surface area contributed by atoms with Gasteiger partial charge in [-0.3, -0.25) is 4.79 Å². The maximum Gasteiger partial charge on any atom is 0.226 e. The average molecular weight is 232 g/mol. The van der Waals surface area contributed by atoms with Crippen molar-refractivity contribution in [2.45, 2.75) is 19.4 Å². The first-order valence-corrected chi connectivity index (χ1v) is 5.99. The van der Waals surface area contributed by atoms with E-state index in [2.05, 4.69) is 23.2 Å². The third-order valence-electron chi connectivity index (χ3n) is 3.45. The predicted octanol–water partition coefficient (Wildman–Crippen LogP) is 1.54. The van der Waals surface area contributed by atoms with Crippen molar-refractivity contribution in [3.8, 4) is 0 Å². The first-order chi connectivity index (χ1) is 8.25. The van der Waals surface area contributed by atoms with E-state index in [0.717, 1.165) is 24.5 Å². The van der Waals surface area contributed by atoms with Crippen LogP contribution in [0.1, 0.15) is 12.0 Å². The van der Waals surface area contributed by atoms with E-state index in [0.29, 0.717) is 13.0 Å². The van der Waals surface area contributed by atoms with Crippen LogP contribution in [0.25, 0.3) is 0 Å². The first kappa shape index (κ1) is 10.6. The lowest BCUT2D eigenvalue weighted by Crippen LogP contribution is -2.46. The minimum atomic E-state index is 0.0786. The molecule has 2 aliphatic rings. The van der Waals surface area contributed by atoms with Crippen LogP contribution in [-0.4, -0.2) is 31.7 Å². The smallest absolute Gasteiger partial charge is 0.226 e. The Bertz CT molecular complexity index is 459. The van der Waals surface area contributed by atoms with Crippen LogP contribution in [0, 0.1) is 6.92 Å². The highest BCUT2D eigenvalue weighted by Crippen LogP contribution is 2.35. The minimum absolute atomic E-state index is 0.0786. The van der Waals surface area contributed by atoms with Crippen molar-refractivity contribution in [3.05, 3.63) is 23.8 Å². The Morgan fingerprint density at radius 2 is 2.35 bits per heavy atom. The van der Waals surface area contributed by atoms with Gasteiger partial charge in [0.25, 0.3) is 0 Å². The number of fused-ring (bicyclic) bond motifs is 3. The zero-order chi connectivity index (χ0) is 11.8. The number of nitrogens with one attached hydrogen (secondary N) is 1. The van der Waals surface area contributed by atoms with E-state index in [-0.39, 0.29) is 11.9 Å². The molecule has 0 radical (unpaired) electrons. The van der Waals surface area contributed by atoms with Gasteiger partial charge in [-0.1, -0.05) is 12.1 Å². The molecule has 0 spiro atoms. The highest BCUT2D eigenvalue weighted by Gasteiger charge is 2.31. The predicted molar refractivity (Wildman–Crippen MR) is 66.4 cm³/mol. The molecule has 1 amide bonds. The number of ether oxygens (including phenoxy) is 1. The molecule has 1 aromatic rings. The van der Waals surface area contributed by atoms with Crippen molar-refractivity contribution in [2.24, 2.45) is 0 Å². The normalized spacial score (nSPS) is 23.5. The molecule has 4 nitrogen and oxygen atoms in total. The standard InChI is InChI=1S/C13H16N2O2/c1-9-3-2-4-11-13(9)15-5-6-17-8-10(15)7-12(16)14-11/h2-4,10H,5-8H2,1H3,(H,14,16). The fourth-order valence-corrected chi connectivity index (χ4v) is 2.67. The molecular formula is C13H16N2O2. The van der Waals surface area contributed by atoms with Crippen LogP contribution in [0.2, 0.25) is 0 Å². The van der Waals surface area contributed by atoms with E-state index >= 15 is 0 Å². The maximum absolute atomic E-state index is 11.8. The monoisotopic (exact) mass is 232 g/mol. The summed E-state index contributed by atoms with van der Waals surface area (Å²) in [5.41, 5.74) is 3.29. The lowest BCUT2D eigenvalue weighted by atomic mass is 10.1. The van der Waals surface area contributed by atoms with Crippen LogP contribution in [0.5, 0.6) is 0 Å². The molecule has 1 N–H and O–H groups in total. The van der Waals surface area contributed by atoms with Gasteiger partial charge in [0.2, 0.25) is 5.91 Å². The van der Waals surface area contributed by atoms with Gasteiger partial charge < -0.3 is 15.0 Å². The zero-order valence-corrected chi connectivity index (χ0v) is 9.90. The van der Waals surface area contributed by atoms with Crippen molar-refractivity contribution >= 4 is 17.3 Å². The van der Waals surface area contributed by atoms with Crippen LogP contribution in [0.3, 0.4) is 0 Å². The lowest BCUT2D eigenvalue weighted by Gasteiger charge is -2.36. The first-order valence-electron chi connectivity index (χ1n) is 5.99. The van der Waals surface area contributed by atoms with Crippen molar-refractivity contribution < 1.29 is 9.53 Å². The van der Waals surface area contributed by atoms with E-state index in [1.807, 2.05) is 12.1 Å². The third kappa shape index (κ3) is 1.78. The number of aryl methyl sites for hydroxylation is 1. The largest absolute Gasteiger partial charge is 0.377 e. The van der Waals surface area contributed by atoms with Gasteiger partial charge in [-0.05, 0) is 18.6 Å². The summed E-state index contributed by atoms with van der Waals surface area (Å²) in [6.07, 6.45) is 0.508. The number of amides is 1. The van der Waals surface area contributed by atoms with E-state index in [1.165, 1.54) is 5.56 Å². The number of rotatable bonds is 0. The van der Waals surface area contributed by atoms with Crippen LogP contribution >= 0.6 is 0 Å². The molecule has 4 heteroatoms. The summed E-state index contributed by atoms with van der Waals surface area (Å²) < 4.78 is 5.48. The number of anilines is 2. The van der Waals surface area contributed by atoms with Gasteiger partial charge in [0.15, 0.2) is 0 Å². The number of nitrogens with zero attached hydrogens (tertiary/aromatic N) is 1. The SMILES string of the molecule is Cc1cccc2c1N1CCOCC1CC(=O)N2. The zero-order valence-electron chi connectivity index (χ0n) is 9.90. The minimum Gasteiger partial charge on any atom is -0.377 e. The number of carbonyl (C=O) groups is 1. The molecule has 1 saturated heterocycles. The summed E-state index contributed by atoms with van der Waals surface area (Å²) in [5.74, 6) is 0.0786. The summed E-state index contributed by atoms with van der Waals surface area (Å²) in [6, 6.07) is 6.21. The fraction of sp³-hybridized carbons (Fsp3) is 0.462. The molecule has 17 heavy (non-hydrogen) atoms. The lowest BCUT2D eigenvalue weighted by molar-refractivity contribution is -0.116. The van der Waals surface area contributed by atoms with Gasteiger partial charge in [0.05, 0.1) is 30.6 Å². The molecule has 3 rings (SSSR count). The van der Waals surface area contributed by atoms with Gasteiger partial charge in [0.1, 0.15) is 0 Å². The van der Waals surface area contributed by atoms with E-state index in [9.17, 15) is 4.79 Å². The maximum atomic E-state index is 11.8. The molecule has 1 fully saturated rings. The number of carbonyl (C=O) groups excluding carboxylic acids is 1. The third-order valence-corrected chi connectivity index (χ3v) is 3.45. The number of hydrogen-bond acceptors (Lipinski definition) is 3. The topological polar surface area (TPSA) is 41.6 Å². The number of benzene rings is 1. The van der Waals surface area contributed by atoms with Gasteiger partial charge in [-0.2, -0.15) is 0 Å². The summed E-state index contributed by atoms with van der Waals surface area (Å²) in [6.45, 7) is 4.32. The number of morpholine rings is 1. The highest BCUT2D eigenvalue weighted by molar-refractivity contribution is 5.97. The summed E-state index contributed by atoms with van der Waals surface area (Å²) >= 11 is 0. The van der Waals surface area contributed by atoms with Gasteiger partial charge in [0, 0.05) is 13.0 Å². The van der Waals surface area contributed by atoms with E-state index in [4.69, 9.17) is 4.74 Å². The van der Waals surface area contributed by atoms with Gasteiger partial charge in [-0.25, -0.2) is 0 Å². The molecule has 0 saturated carbocycles. The Hall–Kier alpha value is -1.55. The molecule has 0 aliphatic carbocycles. The van der Waals surface area contributed by atoms with Crippen molar-refractivity contribution in [3.63, 3.8) is 0 Å². The van der Waals surface area contributed by atoms with E-state index < -0.39 is 0 Å². The highest BCUT2D eigenvalue weighted by atomic mass is 16.5. The van der Waals surface area contributed by atoms with Crippen molar-refractivity contribution in [2.75, 3.05) is 30.0 Å². The van der Waals surface area contributed by atoms with Crippen LogP contribution in [0.4, 0.5) is 11.4 Å². The van der Waals surface area contributed by atoms with Crippen molar-refractivity contribution in [1.82, 2.24) is 0 Å². The Kier molecular flexibility index (Phi) is 2.52. The second-order valence-electron chi connectivity index (χ2n) is 4.65. The molecule has 90 valence electrons. The summed E-state index contributed by atoms with van der Waals surface area (Å²) in [7, 11) is 0. The van der Waals surface area contributed by atoms with Gasteiger partial charge >= 0.3 is 0 Å². The molecule has 1 atom stereocenters. The van der Waals surface area contributed by atoms with Crippen LogP contribution in [0.15, 0.2) is 18.2 Å². The molecule has 1 aromatic carbocycles. The summed E-state index contributed by atoms with van der Waals surface area (Å²) in [4.78, 5) is 14.1. The molecule has 1 unspecified atom stereocenters. The Morgan fingerprint density at radius 1 is 1.47 bits per heavy atom. The molecule has 0 aromatic heterocycles. The number of hydrogen-bond donors (Lipinski definition) is 1. The van der Waals surface area contributed by atoms with E-state index in [1.54, 1.807) is 0 Å². The molecule has 2 heterocycles. The molecule has 0 bridgehead atoms. The fourth-order valence-electron chi connectivity index (χ4n) is 2.67. The van der Waals surface area contributed by atoms with Crippen LogP contribution in [-0.2, 0) is 9.53 Å². The Labute approximate surface area is 101 Å². The second-order valence-corrected chi connectivity index (χ2v) is 4.65. The second kappa shape index (κ2) is 4.04. The Balaban J connectivity index is 2.10. The number of para-hydroxylation sites is 1. The molecular weight excluding hydrogens is 216 g/mol. The average Bonchev–Trinajstić information content (AvgIpc) is 2.44. The summed E-state index contributed by atoms with van der Waals surface area (Å²) in [5, 5.41) is 2.98. The van der Waals surface area contributed by atoms with Crippen molar-refractivity contribution in [1.29, 1.82) is 0 Å². The quantitative estimate of drug-likeness (QED) is 0.737. The Morgan fingerprint density at radius 3 is 3.24 bits per heavy atom.